The molecular weight excluding hydrogens is 224 g/mol. The molecule has 0 fully saturated rings. The van der Waals surface area contributed by atoms with Crippen LogP contribution in [0.4, 0.5) is 0 Å². The summed E-state index contributed by atoms with van der Waals surface area (Å²) in [7, 11) is 0. The molecule has 0 unspecified atom stereocenters. The van der Waals surface area contributed by atoms with Gasteiger partial charge in [-0.25, -0.2) is 5.43 Å². The number of nitrogens with one attached hydrogen (secondary N) is 1. The third kappa shape index (κ3) is 1.78. The van der Waals surface area contributed by atoms with Crippen LogP contribution in [-0.4, -0.2) is 11.6 Å². The van der Waals surface area contributed by atoms with Gasteiger partial charge in [0.15, 0.2) is 0 Å². The third-order valence-electron chi connectivity index (χ3n) is 3.37. The average Bonchev–Trinajstić information content (AvgIpc) is 2.41. The second-order valence-electron chi connectivity index (χ2n) is 4.65. The lowest BCUT2D eigenvalue weighted by Gasteiger charge is -2.21. The molecular formula is C15H14N2O. The molecule has 3 heteroatoms. The standard InChI is InChI=1S/C15H14N2O/c1-10-9-14(15(18)17-16-10)13-8-4-6-11-5-2-3-7-12(11)13/h2-8,14H,9H2,1H3,(H,17,18)/t14-/m0/s1. The first-order valence-electron chi connectivity index (χ1n) is 6.06. The summed E-state index contributed by atoms with van der Waals surface area (Å²) in [6.07, 6.45) is 0.694. The molecule has 1 aliphatic heterocycles. The molecule has 2 aromatic rings. The molecule has 18 heavy (non-hydrogen) atoms. The highest BCUT2D eigenvalue weighted by atomic mass is 16.2. The Bertz CT molecular complexity index is 640. The van der Waals surface area contributed by atoms with Gasteiger partial charge in [-0.15, -0.1) is 0 Å². The van der Waals surface area contributed by atoms with Crippen LogP contribution in [0.15, 0.2) is 47.6 Å². The molecule has 2 aromatic carbocycles. The number of hydrogen-bond acceptors (Lipinski definition) is 2. The number of benzene rings is 2. The molecule has 0 radical (unpaired) electrons. The van der Waals surface area contributed by atoms with Gasteiger partial charge >= 0.3 is 0 Å². The van der Waals surface area contributed by atoms with E-state index in [-0.39, 0.29) is 11.8 Å². The monoisotopic (exact) mass is 238 g/mol. The number of rotatable bonds is 1. The maximum Gasteiger partial charge on any atom is 0.248 e. The summed E-state index contributed by atoms with van der Waals surface area (Å²) in [6.45, 7) is 1.94. The molecule has 1 heterocycles. The van der Waals surface area contributed by atoms with Crippen LogP contribution in [0, 0.1) is 0 Å². The normalized spacial score (nSPS) is 19.5. The smallest absolute Gasteiger partial charge is 0.248 e. The zero-order valence-corrected chi connectivity index (χ0v) is 10.2. The van der Waals surface area contributed by atoms with Crippen molar-refractivity contribution < 1.29 is 4.79 Å². The minimum absolute atomic E-state index is 0.0167. The zero-order valence-electron chi connectivity index (χ0n) is 10.2. The van der Waals surface area contributed by atoms with E-state index in [1.165, 1.54) is 5.39 Å². The minimum atomic E-state index is -0.131. The largest absolute Gasteiger partial charge is 0.272 e. The fourth-order valence-corrected chi connectivity index (χ4v) is 2.47. The van der Waals surface area contributed by atoms with Crippen molar-refractivity contribution in [1.82, 2.24) is 5.43 Å². The number of amides is 1. The van der Waals surface area contributed by atoms with Crippen LogP contribution in [0.1, 0.15) is 24.8 Å². The summed E-state index contributed by atoms with van der Waals surface area (Å²) in [4.78, 5) is 12.0. The number of carbonyl (C=O) groups excluding carboxylic acids is 1. The molecule has 0 aliphatic carbocycles. The fraction of sp³-hybridized carbons (Fsp3) is 0.200. The van der Waals surface area contributed by atoms with Crippen LogP contribution in [0.2, 0.25) is 0 Å². The predicted octanol–water partition coefficient (Wildman–Crippen LogP) is 2.82. The second-order valence-corrected chi connectivity index (χ2v) is 4.65. The van der Waals surface area contributed by atoms with Gasteiger partial charge in [-0.2, -0.15) is 5.10 Å². The van der Waals surface area contributed by atoms with Gasteiger partial charge in [0.2, 0.25) is 5.91 Å². The average molecular weight is 238 g/mol. The van der Waals surface area contributed by atoms with E-state index >= 15 is 0 Å². The van der Waals surface area contributed by atoms with Gasteiger partial charge in [0.05, 0.1) is 5.92 Å². The first-order chi connectivity index (χ1) is 8.75. The predicted molar refractivity (Wildman–Crippen MR) is 72.6 cm³/mol. The van der Waals surface area contributed by atoms with E-state index in [1.54, 1.807) is 0 Å². The molecule has 3 nitrogen and oxygen atoms in total. The summed E-state index contributed by atoms with van der Waals surface area (Å²) >= 11 is 0. The van der Waals surface area contributed by atoms with Crippen LogP contribution in [0.5, 0.6) is 0 Å². The molecule has 1 aliphatic rings. The minimum Gasteiger partial charge on any atom is -0.272 e. The van der Waals surface area contributed by atoms with Gasteiger partial charge in [-0.3, -0.25) is 4.79 Å². The summed E-state index contributed by atoms with van der Waals surface area (Å²) in [5.41, 5.74) is 4.64. The van der Waals surface area contributed by atoms with Gasteiger partial charge in [0.1, 0.15) is 0 Å². The van der Waals surface area contributed by atoms with E-state index in [1.807, 2.05) is 31.2 Å². The van der Waals surface area contributed by atoms with Gasteiger partial charge in [-0.1, -0.05) is 42.5 Å². The molecule has 0 spiro atoms. The topological polar surface area (TPSA) is 41.5 Å². The number of hydrogen-bond donors (Lipinski definition) is 1. The Morgan fingerprint density at radius 3 is 2.83 bits per heavy atom. The van der Waals surface area contributed by atoms with Crippen molar-refractivity contribution in [2.24, 2.45) is 5.10 Å². The van der Waals surface area contributed by atoms with Gasteiger partial charge in [0, 0.05) is 12.1 Å². The van der Waals surface area contributed by atoms with E-state index in [0.29, 0.717) is 6.42 Å². The molecule has 3 rings (SSSR count). The number of fused-ring (bicyclic) bond motifs is 1. The van der Waals surface area contributed by atoms with Crippen molar-refractivity contribution in [3.63, 3.8) is 0 Å². The highest BCUT2D eigenvalue weighted by molar-refractivity contribution is 5.99. The zero-order chi connectivity index (χ0) is 12.5. The number of hydrazone groups is 1. The summed E-state index contributed by atoms with van der Waals surface area (Å²) in [6, 6.07) is 14.3. The van der Waals surface area contributed by atoms with E-state index in [2.05, 4.69) is 28.7 Å². The summed E-state index contributed by atoms with van der Waals surface area (Å²) < 4.78 is 0. The molecule has 0 saturated heterocycles. The van der Waals surface area contributed by atoms with Crippen molar-refractivity contribution in [2.45, 2.75) is 19.3 Å². The molecule has 0 aromatic heterocycles. The lowest BCUT2D eigenvalue weighted by Crippen LogP contribution is -2.32. The van der Waals surface area contributed by atoms with Gasteiger partial charge < -0.3 is 0 Å². The maximum atomic E-state index is 12.0. The lowest BCUT2D eigenvalue weighted by molar-refractivity contribution is -0.122. The van der Waals surface area contributed by atoms with Gasteiger partial charge in [-0.05, 0) is 23.3 Å². The number of carbonyl (C=O) groups is 1. The van der Waals surface area contributed by atoms with Crippen molar-refractivity contribution >= 4 is 22.4 Å². The summed E-state index contributed by atoms with van der Waals surface area (Å²) in [5.74, 6) is -0.148. The Labute approximate surface area is 106 Å². The van der Waals surface area contributed by atoms with Crippen molar-refractivity contribution in [3.05, 3.63) is 48.0 Å². The Morgan fingerprint density at radius 2 is 1.94 bits per heavy atom. The van der Waals surface area contributed by atoms with E-state index in [4.69, 9.17) is 0 Å². The SMILES string of the molecule is CC1=NNC(=O)[C@H](c2cccc3ccccc23)C1. The Kier molecular flexibility index (Phi) is 2.59. The first-order valence-corrected chi connectivity index (χ1v) is 6.06. The van der Waals surface area contributed by atoms with Crippen molar-refractivity contribution in [2.75, 3.05) is 0 Å². The Morgan fingerprint density at radius 1 is 1.17 bits per heavy atom. The van der Waals surface area contributed by atoms with E-state index in [9.17, 15) is 4.79 Å². The van der Waals surface area contributed by atoms with Crippen LogP contribution >= 0.6 is 0 Å². The number of nitrogens with zero attached hydrogens (tertiary/aromatic N) is 1. The molecule has 1 amide bonds. The van der Waals surface area contributed by atoms with Crippen molar-refractivity contribution in [3.8, 4) is 0 Å². The highest BCUT2D eigenvalue weighted by Crippen LogP contribution is 2.29. The molecule has 1 atom stereocenters. The van der Waals surface area contributed by atoms with E-state index in [0.717, 1.165) is 16.7 Å². The second kappa shape index (κ2) is 4.26. The third-order valence-corrected chi connectivity index (χ3v) is 3.37. The molecule has 90 valence electrons. The highest BCUT2D eigenvalue weighted by Gasteiger charge is 2.26. The quantitative estimate of drug-likeness (QED) is 0.815. The molecule has 0 bridgehead atoms. The van der Waals surface area contributed by atoms with Crippen LogP contribution in [-0.2, 0) is 4.79 Å². The molecule has 1 N–H and O–H groups in total. The Hall–Kier alpha value is -2.16. The van der Waals surface area contributed by atoms with Crippen LogP contribution < -0.4 is 5.43 Å². The van der Waals surface area contributed by atoms with Crippen LogP contribution in [0.25, 0.3) is 10.8 Å². The Balaban J connectivity index is 2.14. The van der Waals surface area contributed by atoms with Crippen LogP contribution in [0.3, 0.4) is 0 Å². The molecule has 0 saturated carbocycles. The van der Waals surface area contributed by atoms with Crippen molar-refractivity contribution in [1.29, 1.82) is 0 Å². The fourth-order valence-electron chi connectivity index (χ4n) is 2.47. The first kappa shape index (κ1) is 11.0. The summed E-state index contributed by atoms with van der Waals surface area (Å²) in [5, 5.41) is 6.30. The maximum absolute atomic E-state index is 12.0. The van der Waals surface area contributed by atoms with E-state index < -0.39 is 0 Å². The lowest BCUT2D eigenvalue weighted by atomic mass is 9.88. The van der Waals surface area contributed by atoms with Gasteiger partial charge in [0.25, 0.3) is 0 Å².